The Hall–Kier alpha value is -3.25. The average molecular weight is 398 g/mol. The van der Waals surface area contributed by atoms with Gasteiger partial charge in [-0.25, -0.2) is 4.98 Å². The molecule has 2 N–H and O–H groups in total. The van der Waals surface area contributed by atoms with Crippen LogP contribution in [-0.2, 0) is 0 Å². The number of carbonyl (C=O) groups is 1. The molecule has 0 saturated heterocycles. The van der Waals surface area contributed by atoms with Crippen molar-refractivity contribution in [2.24, 2.45) is 0 Å². The lowest BCUT2D eigenvalue weighted by atomic mass is 10.2. The molecule has 0 radical (unpaired) electrons. The van der Waals surface area contributed by atoms with Gasteiger partial charge >= 0.3 is 0 Å². The number of hydrogen-bond acceptors (Lipinski definition) is 5. The summed E-state index contributed by atoms with van der Waals surface area (Å²) in [7, 11) is 3.17. The lowest BCUT2D eigenvalue weighted by molar-refractivity contribution is 0.102. The molecule has 0 fully saturated rings. The van der Waals surface area contributed by atoms with Crippen molar-refractivity contribution in [1.29, 1.82) is 0 Å². The molecule has 0 aliphatic rings. The molecule has 0 aliphatic carbocycles. The van der Waals surface area contributed by atoms with E-state index in [0.717, 1.165) is 5.56 Å². The highest BCUT2D eigenvalue weighted by molar-refractivity contribution is 6.30. The fourth-order valence-electron chi connectivity index (χ4n) is 2.64. The summed E-state index contributed by atoms with van der Waals surface area (Å²) in [5.41, 5.74) is 2.77. The number of aryl methyl sites for hydroxylation is 1. The fraction of sp³-hybridized carbons (Fsp3) is 0.143. The lowest BCUT2D eigenvalue weighted by Gasteiger charge is -2.13. The molecule has 7 heteroatoms. The van der Waals surface area contributed by atoms with Gasteiger partial charge in [-0.2, -0.15) is 0 Å². The normalized spacial score (nSPS) is 10.3. The Kier molecular flexibility index (Phi) is 6.01. The maximum absolute atomic E-state index is 12.6. The minimum atomic E-state index is -0.238. The first-order chi connectivity index (χ1) is 13.5. The fourth-order valence-corrected chi connectivity index (χ4v) is 2.87. The Labute approximate surface area is 168 Å². The number of methoxy groups -OCH3 is 2. The van der Waals surface area contributed by atoms with Crippen molar-refractivity contribution in [3.8, 4) is 11.5 Å². The molecule has 144 valence electrons. The van der Waals surface area contributed by atoms with Gasteiger partial charge in [0.1, 0.15) is 17.3 Å². The summed E-state index contributed by atoms with van der Waals surface area (Å²) in [4.78, 5) is 16.9. The van der Waals surface area contributed by atoms with Crippen molar-refractivity contribution in [2.45, 2.75) is 6.92 Å². The first kappa shape index (κ1) is 19.5. The number of amides is 1. The molecule has 0 saturated carbocycles. The SMILES string of the molecule is COc1ccc(Nc2cc(C(=O)Nc3ccc(Cl)cc3C)ccn2)c(OC)c1. The standard InChI is InChI=1S/C21H20ClN3O3/c1-13-10-15(22)4-6-17(13)25-21(26)14-8-9-23-20(11-14)24-18-7-5-16(27-2)12-19(18)28-3/h4-12H,1-3H3,(H,23,24)(H,25,26). The summed E-state index contributed by atoms with van der Waals surface area (Å²) < 4.78 is 10.6. The van der Waals surface area contributed by atoms with Crippen LogP contribution in [0.4, 0.5) is 17.2 Å². The summed E-state index contributed by atoms with van der Waals surface area (Å²) in [6, 6.07) is 14.0. The van der Waals surface area contributed by atoms with E-state index in [1.165, 1.54) is 0 Å². The van der Waals surface area contributed by atoms with Crippen molar-refractivity contribution < 1.29 is 14.3 Å². The molecule has 1 aromatic heterocycles. The van der Waals surface area contributed by atoms with Crippen LogP contribution in [0.5, 0.6) is 11.5 Å². The molecular weight excluding hydrogens is 378 g/mol. The van der Waals surface area contributed by atoms with Crippen molar-refractivity contribution in [3.63, 3.8) is 0 Å². The summed E-state index contributed by atoms with van der Waals surface area (Å²) in [5.74, 6) is 1.57. The van der Waals surface area contributed by atoms with Crippen LogP contribution in [0.15, 0.2) is 54.7 Å². The van der Waals surface area contributed by atoms with E-state index in [0.29, 0.717) is 39.3 Å². The maximum Gasteiger partial charge on any atom is 0.255 e. The van der Waals surface area contributed by atoms with E-state index >= 15 is 0 Å². The van der Waals surface area contributed by atoms with Gasteiger partial charge in [0.25, 0.3) is 5.91 Å². The first-order valence-corrected chi connectivity index (χ1v) is 8.90. The highest BCUT2D eigenvalue weighted by Gasteiger charge is 2.11. The number of nitrogens with zero attached hydrogens (tertiary/aromatic N) is 1. The van der Waals surface area contributed by atoms with E-state index in [1.54, 1.807) is 56.8 Å². The van der Waals surface area contributed by atoms with E-state index in [1.807, 2.05) is 19.1 Å². The topological polar surface area (TPSA) is 72.5 Å². The minimum Gasteiger partial charge on any atom is -0.497 e. The van der Waals surface area contributed by atoms with Gasteiger partial charge in [0, 0.05) is 28.5 Å². The molecule has 0 aliphatic heterocycles. The van der Waals surface area contributed by atoms with Crippen LogP contribution in [-0.4, -0.2) is 25.1 Å². The highest BCUT2D eigenvalue weighted by Crippen LogP contribution is 2.31. The number of aromatic nitrogens is 1. The summed E-state index contributed by atoms with van der Waals surface area (Å²) in [6.45, 7) is 1.89. The third kappa shape index (κ3) is 4.53. The van der Waals surface area contributed by atoms with Crippen LogP contribution in [0.2, 0.25) is 5.02 Å². The van der Waals surface area contributed by atoms with Crippen LogP contribution in [0.1, 0.15) is 15.9 Å². The van der Waals surface area contributed by atoms with Gasteiger partial charge in [-0.05, 0) is 55.0 Å². The minimum absolute atomic E-state index is 0.238. The quantitative estimate of drug-likeness (QED) is 0.608. The number of carbonyl (C=O) groups excluding carboxylic acids is 1. The Balaban J connectivity index is 1.79. The molecule has 6 nitrogen and oxygen atoms in total. The first-order valence-electron chi connectivity index (χ1n) is 8.53. The van der Waals surface area contributed by atoms with E-state index < -0.39 is 0 Å². The number of halogens is 1. The Bertz CT molecular complexity index is 1010. The molecule has 0 atom stereocenters. The van der Waals surface area contributed by atoms with Gasteiger partial charge in [0.15, 0.2) is 0 Å². The summed E-state index contributed by atoms with van der Waals surface area (Å²) >= 11 is 5.96. The molecule has 0 spiro atoms. The number of pyridine rings is 1. The van der Waals surface area contributed by atoms with Gasteiger partial charge in [-0.1, -0.05) is 11.6 Å². The number of nitrogens with one attached hydrogen (secondary N) is 2. The number of hydrogen-bond donors (Lipinski definition) is 2. The third-order valence-corrected chi connectivity index (χ3v) is 4.37. The molecule has 0 unspecified atom stereocenters. The van der Waals surface area contributed by atoms with Gasteiger partial charge in [-0.15, -0.1) is 0 Å². The largest absolute Gasteiger partial charge is 0.497 e. The van der Waals surface area contributed by atoms with E-state index in [2.05, 4.69) is 15.6 Å². The van der Waals surface area contributed by atoms with Crippen LogP contribution >= 0.6 is 11.6 Å². The predicted molar refractivity (Wildman–Crippen MR) is 111 cm³/mol. The van der Waals surface area contributed by atoms with Crippen molar-refractivity contribution in [2.75, 3.05) is 24.9 Å². The summed E-state index contributed by atoms with van der Waals surface area (Å²) in [6.07, 6.45) is 1.57. The second kappa shape index (κ2) is 8.63. The smallest absolute Gasteiger partial charge is 0.255 e. The van der Waals surface area contributed by atoms with E-state index in [9.17, 15) is 4.79 Å². The predicted octanol–water partition coefficient (Wildman–Crippen LogP) is 5.06. The Morgan fingerprint density at radius 1 is 1.00 bits per heavy atom. The molecule has 1 amide bonds. The van der Waals surface area contributed by atoms with Gasteiger partial charge in [0.05, 0.1) is 19.9 Å². The second-order valence-corrected chi connectivity index (χ2v) is 6.47. The number of rotatable bonds is 6. The van der Waals surface area contributed by atoms with Crippen LogP contribution in [0.25, 0.3) is 0 Å². The Morgan fingerprint density at radius 2 is 1.79 bits per heavy atom. The molecule has 3 rings (SSSR count). The zero-order chi connectivity index (χ0) is 20.1. The lowest BCUT2D eigenvalue weighted by Crippen LogP contribution is -2.13. The zero-order valence-corrected chi connectivity index (χ0v) is 16.5. The average Bonchev–Trinajstić information content (AvgIpc) is 2.70. The van der Waals surface area contributed by atoms with Crippen molar-refractivity contribution in [1.82, 2.24) is 4.98 Å². The maximum atomic E-state index is 12.6. The van der Waals surface area contributed by atoms with E-state index in [4.69, 9.17) is 21.1 Å². The molecular formula is C21H20ClN3O3. The van der Waals surface area contributed by atoms with Crippen LogP contribution < -0.4 is 20.1 Å². The van der Waals surface area contributed by atoms with Crippen molar-refractivity contribution >= 4 is 34.7 Å². The zero-order valence-electron chi connectivity index (χ0n) is 15.7. The molecule has 0 bridgehead atoms. The molecule has 3 aromatic rings. The van der Waals surface area contributed by atoms with Crippen LogP contribution in [0, 0.1) is 6.92 Å². The number of ether oxygens (including phenoxy) is 2. The molecule has 1 heterocycles. The van der Waals surface area contributed by atoms with Crippen molar-refractivity contribution in [3.05, 3.63) is 70.9 Å². The monoisotopic (exact) mass is 397 g/mol. The van der Waals surface area contributed by atoms with Gasteiger partial charge in [0.2, 0.25) is 0 Å². The number of benzene rings is 2. The van der Waals surface area contributed by atoms with Gasteiger partial charge in [-0.3, -0.25) is 4.79 Å². The molecule has 2 aromatic carbocycles. The number of anilines is 3. The summed E-state index contributed by atoms with van der Waals surface area (Å²) in [5, 5.41) is 6.68. The molecule has 28 heavy (non-hydrogen) atoms. The second-order valence-electron chi connectivity index (χ2n) is 6.03. The highest BCUT2D eigenvalue weighted by atomic mass is 35.5. The Morgan fingerprint density at radius 3 is 2.50 bits per heavy atom. The van der Waals surface area contributed by atoms with Crippen LogP contribution in [0.3, 0.4) is 0 Å². The third-order valence-electron chi connectivity index (χ3n) is 4.13. The van der Waals surface area contributed by atoms with E-state index in [-0.39, 0.29) is 5.91 Å². The van der Waals surface area contributed by atoms with Gasteiger partial charge < -0.3 is 20.1 Å².